The second-order valence-corrected chi connectivity index (χ2v) is 7.44. The summed E-state index contributed by atoms with van der Waals surface area (Å²) in [7, 11) is 0. The molecule has 2 aromatic carbocycles. The van der Waals surface area contributed by atoms with E-state index < -0.39 is 12.1 Å². The number of rotatable bonds is 5. The lowest BCUT2D eigenvalue weighted by Crippen LogP contribution is -2.42. The third-order valence-corrected chi connectivity index (χ3v) is 5.33. The van der Waals surface area contributed by atoms with Crippen LogP contribution in [0.25, 0.3) is 10.9 Å². The van der Waals surface area contributed by atoms with Crippen molar-refractivity contribution in [2.75, 3.05) is 6.54 Å². The molecule has 154 valence electrons. The molecule has 30 heavy (non-hydrogen) atoms. The summed E-state index contributed by atoms with van der Waals surface area (Å²) in [6.45, 7) is 2.73. The number of fused-ring (bicyclic) bond motifs is 2. The topological polar surface area (TPSA) is 92.4 Å². The van der Waals surface area contributed by atoms with Crippen LogP contribution in [0.3, 0.4) is 0 Å². The molecule has 0 bridgehead atoms. The Morgan fingerprint density at radius 2 is 1.87 bits per heavy atom. The van der Waals surface area contributed by atoms with Crippen molar-refractivity contribution in [3.63, 3.8) is 0 Å². The zero-order valence-corrected chi connectivity index (χ0v) is 16.8. The predicted molar refractivity (Wildman–Crippen MR) is 112 cm³/mol. The number of aryl methyl sites for hydroxylation is 1. The third kappa shape index (κ3) is 4.25. The van der Waals surface area contributed by atoms with Crippen molar-refractivity contribution in [2.45, 2.75) is 38.8 Å². The van der Waals surface area contributed by atoms with Crippen molar-refractivity contribution in [3.8, 4) is 0 Å². The van der Waals surface area contributed by atoms with Gasteiger partial charge in [0.1, 0.15) is 5.82 Å². The second kappa shape index (κ2) is 8.49. The molecule has 1 N–H and O–H groups in total. The lowest BCUT2D eigenvalue weighted by Gasteiger charge is -2.30. The van der Waals surface area contributed by atoms with Crippen molar-refractivity contribution in [2.24, 2.45) is 0 Å². The van der Waals surface area contributed by atoms with Crippen LogP contribution < -0.4 is 5.56 Å². The Bertz CT molecular complexity index is 1150. The maximum atomic E-state index is 12.7. The van der Waals surface area contributed by atoms with E-state index in [1.165, 1.54) is 5.56 Å². The van der Waals surface area contributed by atoms with E-state index in [0.717, 1.165) is 12.0 Å². The second-order valence-electron chi connectivity index (χ2n) is 7.44. The average Bonchev–Trinajstić information content (AvgIpc) is 2.77. The summed E-state index contributed by atoms with van der Waals surface area (Å²) in [5, 5.41) is 0.506. The van der Waals surface area contributed by atoms with Gasteiger partial charge in [-0.25, -0.2) is 4.98 Å². The molecule has 1 atom stereocenters. The first kappa shape index (κ1) is 19.8. The lowest BCUT2D eigenvalue weighted by atomic mass is 9.99. The summed E-state index contributed by atoms with van der Waals surface area (Å²) in [5.74, 6) is -0.276. The Morgan fingerprint density at radius 3 is 2.70 bits per heavy atom. The number of para-hydroxylation sites is 1. The zero-order chi connectivity index (χ0) is 21.1. The maximum Gasteiger partial charge on any atom is 0.307 e. The van der Waals surface area contributed by atoms with Crippen LogP contribution in [0, 0.1) is 0 Å². The molecule has 1 amide bonds. The highest BCUT2D eigenvalue weighted by Crippen LogP contribution is 2.19. The first-order chi connectivity index (χ1) is 14.5. The van der Waals surface area contributed by atoms with E-state index in [-0.39, 0.29) is 24.3 Å². The van der Waals surface area contributed by atoms with Gasteiger partial charge in [-0.2, -0.15) is 0 Å². The summed E-state index contributed by atoms with van der Waals surface area (Å²) < 4.78 is 5.34. The number of nitrogens with one attached hydrogen (secondary N) is 1. The van der Waals surface area contributed by atoms with Gasteiger partial charge in [0, 0.05) is 19.5 Å². The van der Waals surface area contributed by atoms with E-state index in [0.29, 0.717) is 29.8 Å². The molecule has 0 spiro atoms. The highest BCUT2D eigenvalue weighted by atomic mass is 16.5. The van der Waals surface area contributed by atoms with Crippen molar-refractivity contribution >= 4 is 22.8 Å². The van der Waals surface area contributed by atoms with Gasteiger partial charge in [-0.3, -0.25) is 14.4 Å². The number of carbonyl (C=O) groups is 2. The van der Waals surface area contributed by atoms with Gasteiger partial charge in [0.2, 0.25) is 0 Å². The molecule has 1 aliphatic heterocycles. The first-order valence-corrected chi connectivity index (χ1v) is 10.0. The molecule has 7 heteroatoms. The van der Waals surface area contributed by atoms with Gasteiger partial charge in [-0.05, 0) is 36.6 Å². The third-order valence-electron chi connectivity index (χ3n) is 5.33. The Labute approximate surface area is 173 Å². The summed E-state index contributed by atoms with van der Waals surface area (Å²) in [6, 6.07) is 15.1. The van der Waals surface area contributed by atoms with Gasteiger partial charge in [-0.15, -0.1) is 0 Å². The smallest absolute Gasteiger partial charge is 0.307 e. The minimum atomic E-state index is -0.855. The van der Waals surface area contributed by atoms with Crippen LogP contribution in [0.15, 0.2) is 53.3 Å². The van der Waals surface area contributed by atoms with E-state index in [1.54, 1.807) is 36.1 Å². The molecular weight excluding hydrogens is 382 g/mol. The maximum absolute atomic E-state index is 12.7. The Kier molecular flexibility index (Phi) is 5.61. The number of nitrogens with zero attached hydrogens (tertiary/aromatic N) is 2. The molecule has 0 aliphatic carbocycles. The van der Waals surface area contributed by atoms with Crippen LogP contribution >= 0.6 is 0 Å². The molecule has 1 aromatic heterocycles. The molecule has 1 aliphatic rings. The van der Waals surface area contributed by atoms with E-state index in [2.05, 4.69) is 16.0 Å². The van der Waals surface area contributed by atoms with Crippen LogP contribution in [0.2, 0.25) is 0 Å². The van der Waals surface area contributed by atoms with Crippen LogP contribution in [0.4, 0.5) is 0 Å². The molecule has 0 radical (unpaired) electrons. The molecule has 3 aromatic rings. The molecule has 4 rings (SSSR count). The molecule has 0 saturated heterocycles. The summed E-state index contributed by atoms with van der Waals surface area (Å²) >= 11 is 0. The highest BCUT2D eigenvalue weighted by molar-refractivity contribution is 5.83. The van der Waals surface area contributed by atoms with E-state index in [4.69, 9.17) is 4.74 Å². The molecule has 7 nitrogen and oxygen atoms in total. The van der Waals surface area contributed by atoms with Gasteiger partial charge >= 0.3 is 5.97 Å². The summed E-state index contributed by atoms with van der Waals surface area (Å²) in [4.78, 5) is 45.9. The number of ether oxygens (including phenoxy) is 1. The number of aromatic amines is 1. The number of esters is 1. The van der Waals surface area contributed by atoms with E-state index >= 15 is 0 Å². The van der Waals surface area contributed by atoms with Crippen LogP contribution in [-0.2, 0) is 33.7 Å². The molecule has 0 unspecified atom stereocenters. The molecule has 2 heterocycles. The van der Waals surface area contributed by atoms with Crippen molar-refractivity contribution in [1.29, 1.82) is 0 Å². The van der Waals surface area contributed by atoms with E-state index in [1.807, 2.05) is 18.2 Å². The number of amides is 1. The number of hydrogen-bond acceptors (Lipinski definition) is 5. The van der Waals surface area contributed by atoms with Crippen molar-refractivity contribution in [3.05, 3.63) is 75.8 Å². The standard InChI is InChI=1S/C23H23N3O4/c1-15(23(29)26-13-12-16-6-2-3-7-17(16)14-26)30-21(27)11-10-20-24-19-9-5-4-8-18(19)22(28)25-20/h2-9,15H,10-14H2,1H3,(H,24,25,28)/t15-/m0/s1. The molecular formula is C23H23N3O4. The predicted octanol–water partition coefficient (Wildman–Crippen LogP) is 2.37. The normalized spacial score (nSPS) is 14.2. The Hall–Kier alpha value is -3.48. The van der Waals surface area contributed by atoms with Gasteiger partial charge in [0.15, 0.2) is 6.10 Å². The van der Waals surface area contributed by atoms with Crippen molar-refractivity contribution < 1.29 is 14.3 Å². The number of carbonyl (C=O) groups excluding carboxylic acids is 2. The fourth-order valence-corrected chi connectivity index (χ4v) is 3.72. The van der Waals surface area contributed by atoms with Crippen LogP contribution in [-0.4, -0.2) is 39.4 Å². The lowest BCUT2D eigenvalue weighted by molar-refractivity contribution is -0.159. The summed E-state index contributed by atoms with van der Waals surface area (Å²) in [5.41, 5.74) is 2.72. The first-order valence-electron chi connectivity index (χ1n) is 10.0. The minimum Gasteiger partial charge on any atom is -0.453 e. The number of aromatic nitrogens is 2. The number of H-pyrrole nitrogens is 1. The fraction of sp³-hybridized carbons (Fsp3) is 0.304. The van der Waals surface area contributed by atoms with Crippen LogP contribution in [0.5, 0.6) is 0 Å². The van der Waals surface area contributed by atoms with E-state index in [9.17, 15) is 14.4 Å². The van der Waals surface area contributed by atoms with Crippen molar-refractivity contribution in [1.82, 2.24) is 14.9 Å². The Balaban J connectivity index is 1.33. The Morgan fingerprint density at radius 1 is 1.13 bits per heavy atom. The molecule has 0 saturated carbocycles. The van der Waals surface area contributed by atoms with Gasteiger partial charge in [-0.1, -0.05) is 36.4 Å². The SMILES string of the molecule is C[C@H](OC(=O)CCc1nc2ccccc2c(=O)[nH]1)C(=O)N1CCc2ccccc2C1. The van der Waals surface area contributed by atoms with Crippen LogP contribution in [0.1, 0.15) is 30.3 Å². The minimum absolute atomic E-state index is 0.0295. The fourth-order valence-electron chi connectivity index (χ4n) is 3.72. The molecule has 0 fully saturated rings. The van der Waals surface area contributed by atoms with Gasteiger partial charge < -0.3 is 14.6 Å². The quantitative estimate of drug-likeness (QED) is 0.658. The number of hydrogen-bond donors (Lipinski definition) is 1. The largest absolute Gasteiger partial charge is 0.453 e. The highest BCUT2D eigenvalue weighted by Gasteiger charge is 2.26. The monoisotopic (exact) mass is 405 g/mol. The average molecular weight is 405 g/mol. The van der Waals surface area contributed by atoms with Gasteiger partial charge in [0.05, 0.1) is 17.3 Å². The number of benzene rings is 2. The zero-order valence-electron chi connectivity index (χ0n) is 16.8. The summed E-state index contributed by atoms with van der Waals surface area (Å²) in [6.07, 6.45) is 0.203. The van der Waals surface area contributed by atoms with Gasteiger partial charge in [0.25, 0.3) is 11.5 Å².